The Morgan fingerprint density at radius 2 is 1.38 bits per heavy atom. The van der Waals surface area contributed by atoms with Gasteiger partial charge in [-0.05, 0) is 77.4 Å². The summed E-state index contributed by atoms with van der Waals surface area (Å²) in [5, 5.41) is 1.34. The predicted octanol–water partition coefficient (Wildman–Crippen LogP) is 8.77. The van der Waals surface area contributed by atoms with E-state index in [9.17, 15) is 4.79 Å². The monoisotopic (exact) mass is 664 g/mol. The van der Waals surface area contributed by atoms with Gasteiger partial charge in [0.25, 0.3) is 0 Å². The third-order valence-electron chi connectivity index (χ3n) is 7.07. The maximum absolute atomic E-state index is 11.1. The number of rotatable bonds is 1. The molecule has 0 aliphatic heterocycles. The fourth-order valence-corrected chi connectivity index (χ4v) is 5.97. The second-order valence-electron chi connectivity index (χ2n) is 9.64. The number of halogens is 3. The van der Waals surface area contributed by atoms with E-state index in [4.69, 9.17) is 5.73 Å². The lowest BCUT2D eigenvalue weighted by atomic mass is 9.88. The molecule has 4 aromatic carbocycles. The predicted molar refractivity (Wildman–Crippen MR) is 172 cm³/mol. The normalized spacial score (nSPS) is 12.9. The highest BCUT2D eigenvalue weighted by molar-refractivity contribution is 9.10. The Labute approximate surface area is 252 Å². The highest BCUT2D eigenvalue weighted by Gasteiger charge is 2.20. The zero-order chi connectivity index (χ0) is 26.5. The lowest BCUT2D eigenvalue weighted by Crippen LogP contribution is -2.12. The van der Waals surface area contributed by atoms with E-state index >= 15 is 0 Å². The molecule has 1 heterocycles. The zero-order valence-electron chi connectivity index (χ0n) is 21.6. The molecule has 1 aromatic heterocycles. The number of H-pyrrole nitrogens is 1. The Balaban J connectivity index is 0.000000146. The van der Waals surface area contributed by atoms with E-state index in [0.717, 1.165) is 23.7 Å². The summed E-state index contributed by atoms with van der Waals surface area (Å²) in [6, 6.07) is 31.3. The highest BCUT2D eigenvalue weighted by Crippen LogP contribution is 2.39. The van der Waals surface area contributed by atoms with Crippen molar-refractivity contribution >= 4 is 61.0 Å². The first kappa shape index (κ1) is 29.3. The maximum Gasteiger partial charge on any atom is 0.137 e. The van der Waals surface area contributed by atoms with Crippen LogP contribution in [-0.4, -0.2) is 10.8 Å². The Morgan fingerprint density at radius 3 is 2.13 bits per heavy atom. The number of fused-ring (bicyclic) bond motifs is 6. The summed E-state index contributed by atoms with van der Waals surface area (Å²) < 4.78 is 2.28. The summed E-state index contributed by atoms with van der Waals surface area (Å²) >= 11 is 6.98. The number of aryl methyl sites for hydroxylation is 3. The van der Waals surface area contributed by atoms with E-state index in [2.05, 4.69) is 85.4 Å². The van der Waals surface area contributed by atoms with Crippen LogP contribution in [0, 0.1) is 0 Å². The molecule has 5 aromatic rings. The number of aromatic amines is 1. The largest absolute Gasteiger partial charge is 0.358 e. The average molecular weight is 667 g/mol. The van der Waals surface area contributed by atoms with Gasteiger partial charge in [0, 0.05) is 50.5 Å². The van der Waals surface area contributed by atoms with Gasteiger partial charge < -0.3 is 10.7 Å². The lowest BCUT2D eigenvalue weighted by Gasteiger charge is -2.17. The highest BCUT2D eigenvalue weighted by atomic mass is 79.9. The molecule has 0 radical (unpaired) electrons. The average Bonchev–Trinajstić information content (AvgIpc) is 3.33. The van der Waals surface area contributed by atoms with Gasteiger partial charge in [0.1, 0.15) is 5.78 Å². The number of carbonyl (C=O) groups is 1. The standard InChI is InChI=1S/C16H12BrN.C10H9BrO.C7H9N.ClH/c17-11-6-7-12-10(9-11)5-8-15-16(12)13-3-1-2-4-14(13)18-15;11-9-3-1-8-6-10(12)4-2-7(8)5-9;8-6-7-4-2-1-3-5-7;/h1-4,6-7,9,18H,5,8H2;1,3,5H,2,4,6H2;1-5H,6,8H2;1H. The third-order valence-corrected chi connectivity index (χ3v) is 8.06. The van der Waals surface area contributed by atoms with Crippen molar-refractivity contribution in [3.8, 4) is 11.1 Å². The van der Waals surface area contributed by atoms with Crippen molar-refractivity contribution < 1.29 is 4.79 Å². The number of nitrogens with one attached hydrogen (secondary N) is 1. The number of carbonyl (C=O) groups excluding carboxylic acids is 1. The van der Waals surface area contributed by atoms with Crippen LogP contribution in [0.4, 0.5) is 0 Å². The van der Waals surface area contributed by atoms with Gasteiger partial charge in [0.05, 0.1) is 0 Å². The second kappa shape index (κ2) is 13.6. The van der Waals surface area contributed by atoms with Crippen LogP contribution in [0.15, 0.2) is 99.9 Å². The summed E-state index contributed by atoms with van der Waals surface area (Å²) in [6.07, 6.45) is 4.47. The van der Waals surface area contributed by atoms with Crippen molar-refractivity contribution in [2.75, 3.05) is 0 Å². The second-order valence-corrected chi connectivity index (χ2v) is 11.5. The first-order valence-electron chi connectivity index (χ1n) is 12.9. The molecule has 6 heteroatoms. The summed E-state index contributed by atoms with van der Waals surface area (Å²) in [5.74, 6) is 0.366. The molecule has 39 heavy (non-hydrogen) atoms. The molecule has 3 N–H and O–H groups in total. The molecular formula is C33H31Br2ClN2O. The number of Topliss-reactive ketones (excluding diaryl/α,β-unsaturated/α-hetero) is 1. The van der Waals surface area contributed by atoms with Gasteiger partial charge in [0.2, 0.25) is 0 Å². The molecular weight excluding hydrogens is 636 g/mol. The van der Waals surface area contributed by atoms with E-state index in [1.54, 1.807) is 0 Å². The van der Waals surface area contributed by atoms with Gasteiger partial charge in [-0.25, -0.2) is 0 Å². The molecule has 0 fully saturated rings. The fraction of sp³-hybridized carbons (Fsp3) is 0.182. The summed E-state index contributed by atoms with van der Waals surface area (Å²) in [7, 11) is 0. The molecule has 7 rings (SSSR count). The number of hydrogen-bond acceptors (Lipinski definition) is 2. The first-order valence-corrected chi connectivity index (χ1v) is 14.5. The molecule has 0 saturated carbocycles. The summed E-state index contributed by atoms with van der Waals surface area (Å²) in [6.45, 7) is 0.640. The Hall–Kier alpha value is -2.70. The quantitative estimate of drug-likeness (QED) is 0.188. The molecule has 2 aliphatic carbocycles. The molecule has 0 amide bonds. The fourth-order valence-electron chi connectivity index (χ4n) is 5.15. The van der Waals surface area contributed by atoms with Crippen molar-refractivity contribution in [2.24, 2.45) is 5.73 Å². The van der Waals surface area contributed by atoms with Crippen LogP contribution in [0.25, 0.3) is 22.0 Å². The Morgan fingerprint density at radius 1 is 0.718 bits per heavy atom. The van der Waals surface area contributed by atoms with E-state index in [0.29, 0.717) is 25.2 Å². The van der Waals surface area contributed by atoms with Crippen molar-refractivity contribution in [2.45, 2.75) is 38.6 Å². The summed E-state index contributed by atoms with van der Waals surface area (Å²) in [4.78, 5) is 14.7. The van der Waals surface area contributed by atoms with E-state index < -0.39 is 0 Å². The molecule has 3 nitrogen and oxygen atoms in total. The smallest absolute Gasteiger partial charge is 0.137 e. The van der Waals surface area contributed by atoms with E-state index in [1.165, 1.54) is 54.5 Å². The van der Waals surface area contributed by atoms with Crippen molar-refractivity contribution in [3.63, 3.8) is 0 Å². The molecule has 0 saturated heterocycles. The van der Waals surface area contributed by atoms with Crippen LogP contribution in [0.2, 0.25) is 0 Å². The van der Waals surface area contributed by atoms with Crippen LogP contribution >= 0.6 is 44.3 Å². The SMILES string of the molecule is Brc1ccc2c(c1)CCc1[nH]c3ccccc3c1-2.Cl.NCc1ccccc1.O=C1CCc2cc(Br)ccc2C1. The minimum absolute atomic E-state index is 0. The van der Waals surface area contributed by atoms with Gasteiger partial charge in [-0.2, -0.15) is 0 Å². The van der Waals surface area contributed by atoms with Crippen LogP contribution in [-0.2, 0) is 37.0 Å². The van der Waals surface area contributed by atoms with Gasteiger partial charge in [-0.3, -0.25) is 4.79 Å². The number of hydrogen-bond donors (Lipinski definition) is 2. The van der Waals surface area contributed by atoms with Crippen LogP contribution in [0.3, 0.4) is 0 Å². The number of aromatic nitrogens is 1. The molecule has 200 valence electrons. The van der Waals surface area contributed by atoms with Gasteiger partial charge in [-0.15, -0.1) is 12.4 Å². The number of para-hydroxylation sites is 1. The van der Waals surface area contributed by atoms with Crippen LogP contribution in [0.1, 0.15) is 34.4 Å². The molecule has 0 bridgehead atoms. The topological polar surface area (TPSA) is 58.9 Å². The Kier molecular flexibility index (Phi) is 10.2. The molecule has 0 spiro atoms. The third kappa shape index (κ3) is 7.09. The molecule has 0 unspecified atom stereocenters. The minimum atomic E-state index is 0. The van der Waals surface area contributed by atoms with E-state index in [1.807, 2.05) is 42.5 Å². The Bertz CT molecular complexity index is 1580. The minimum Gasteiger partial charge on any atom is -0.358 e. The van der Waals surface area contributed by atoms with Crippen molar-refractivity contribution in [1.82, 2.24) is 4.98 Å². The first-order chi connectivity index (χ1) is 18.5. The van der Waals surface area contributed by atoms with Crippen LogP contribution < -0.4 is 5.73 Å². The number of ketones is 1. The molecule has 0 atom stereocenters. The van der Waals surface area contributed by atoms with E-state index in [-0.39, 0.29) is 12.4 Å². The van der Waals surface area contributed by atoms with Crippen LogP contribution in [0.5, 0.6) is 0 Å². The number of benzene rings is 4. The lowest BCUT2D eigenvalue weighted by molar-refractivity contribution is -0.118. The van der Waals surface area contributed by atoms with Crippen molar-refractivity contribution in [1.29, 1.82) is 0 Å². The zero-order valence-corrected chi connectivity index (χ0v) is 25.5. The molecule has 2 aliphatic rings. The number of nitrogens with two attached hydrogens (primary N) is 1. The van der Waals surface area contributed by atoms with Gasteiger partial charge in [-0.1, -0.05) is 92.5 Å². The maximum atomic E-state index is 11.1. The van der Waals surface area contributed by atoms with Gasteiger partial charge >= 0.3 is 0 Å². The summed E-state index contributed by atoms with van der Waals surface area (Å²) in [5.41, 5.74) is 15.9. The van der Waals surface area contributed by atoms with Crippen molar-refractivity contribution in [3.05, 3.63) is 128 Å². The van der Waals surface area contributed by atoms with Gasteiger partial charge in [0.15, 0.2) is 0 Å².